The smallest absolute Gasteiger partial charge is 0.261 e. The van der Waals surface area contributed by atoms with Crippen LogP contribution < -0.4 is 10.0 Å². The van der Waals surface area contributed by atoms with Crippen LogP contribution in [0.25, 0.3) is 11.5 Å². The average molecular weight is 477 g/mol. The molecule has 174 valence electrons. The molecule has 0 bridgehead atoms. The summed E-state index contributed by atoms with van der Waals surface area (Å²) in [6, 6.07) is 22.7. The predicted molar refractivity (Wildman–Crippen MR) is 130 cm³/mol. The molecule has 0 aliphatic carbocycles. The first-order valence-corrected chi connectivity index (χ1v) is 12.3. The summed E-state index contributed by atoms with van der Waals surface area (Å²) in [7, 11) is -3.73. The zero-order chi connectivity index (χ0) is 24.0. The lowest BCUT2D eigenvalue weighted by Gasteiger charge is -2.13. The lowest BCUT2D eigenvalue weighted by Crippen LogP contribution is -2.15. The molecule has 1 aromatic heterocycles. The number of anilines is 2. The van der Waals surface area contributed by atoms with Crippen LogP contribution >= 0.6 is 0 Å². The second-order valence-electron chi connectivity index (χ2n) is 7.72. The fourth-order valence-electron chi connectivity index (χ4n) is 3.29. The number of carbonyl (C=O) groups is 1. The maximum Gasteiger partial charge on any atom is 0.261 e. The first-order valence-electron chi connectivity index (χ1n) is 10.8. The number of rotatable bonds is 9. The molecule has 0 atom stereocenters. The van der Waals surface area contributed by atoms with Crippen molar-refractivity contribution in [2.75, 3.05) is 10.0 Å². The zero-order valence-corrected chi connectivity index (χ0v) is 19.4. The van der Waals surface area contributed by atoms with Crippen molar-refractivity contribution in [3.63, 3.8) is 0 Å². The van der Waals surface area contributed by atoms with Crippen molar-refractivity contribution < 1.29 is 17.6 Å². The van der Waals surface area contributed by atoms with Crippen LogP contribution in [0.1, 0.15) is 24.3 Å². The number of carbonyl (C=O) groups excluding carboxylic acids is 1. The molecule has 4 rings (SSSR count). The molecule has 0 spiro atoms. The first kappa shape index (κ1) is 23.2. The van der Waals surface area contributed by atoms with E-state index in [0.29, 0.717) is 36.0 Å². The average Bonchev–Trinajstić information content (AvgIpc) is 3.31. The summed E-state index contributed by atoms with van der Waals surface area (Å²) >= 11 is 0. The van der Waals surface area contributed by atoms with Gasteiger partial charge in [-0.15, -0.1) is 10.2 Å². The van der Waals surface area contributed by atoms with Crippen molar-refractivity contribution in [3.05, 3.63) is 90.3 Å². The van der Waals surface area contributed by atoms with Crippen molar-refractivity contribution in [2.24, 2.45) is 0 Å². The van der Waals surface area contributed by atoms with Gasteiger partial charge in [-0.3, -0.25) is 9.52 Å². The Hall–Kier alpha value is -3.98. The van der Waals surface area contributed by atoms with Crippen molar-refractivity contribution in [3.8, 4) is 11.5 Å². The Bertz CT molecular complexity index is 1370. The molecule has 34 heavy (non-hydrogen) atoms. The molecule has 3 aromatic carbocycles. The summed E-state index contributed by atoms with van der Waals surface area (Å²) < 4.78 is 33.5. The molecule has 0 radical (unpaired) electrons. The number of benzene rings is 3. The summed E-state index contributed by atoms with van der Waals surface area (Å²) in [5.41, 5.74) is 2.49. The second-order valence-corrected chi connectivity index (χ2v) is 9.40. The molecule has 8 nitrogen and oxygen atoms in total. The van der Waals surface area contributed by atoms with Crippen LogP contribution in [0.2, 0.25) is 0 Å². The van der Waals surface area contributed by atoms with E-state index in [9.17, 15) is 13.2 Å². The van der Waals surface area contributed by atoms with Gasteiger partial charge in [0.2, 0.25) is 17.7 Å². The van der Waals surface area contributed by atoms with Crippen LogP contribution in [0, 0.1) is 6.92 Å². The van der Waals surface area contributed by atoms with E-state index >= 15 is 0 Å². The zero-order valence-electron chi connectivity index (χ0n) is 18.6. The quantitative estimate of drug-likeness (QED) is 0.358. The molecule has 0 unspecified atom stereocenters. The van der Waals surface area contributed by atoms with Gasteiger partial charge in [-0.05, 0) is 55.3 Å². The van der Waals surface area contributed by atoms with E-state index in [1.54, 1.807) is 43.3 Å². The minimum atomic E-state index is -3.73. The van der Waals surface area contributed by atoms with E-state index in [4.69, 9.17) is 4.42 Å². The third-order valence-corrected chi connectivity index (χ3v) is 6.48. The van der Waals surface area contributed by atoms with E-state index in [2.05, 4.69) is 20.2 Å². The van der Waals surface area contributed by atoms with Crippen LogP contribution in [0.4, 0.5) is 11.4 Å². The molecule has 1 heterocycles. The number of aryl methyl sites for hydroxylation is 2. The molecule has 0 aliphatic rings. The normalized spacial score (nSPS) is 11.2. The SMILES string of the molecule is Cc1ccc(NC(=O)CCCc2nnc(-c3ccccc3)o2)cc1NS(=O)(=O)c1ccccc1. The highest BCUT2D eigenvalue weighted by Crippen LogP contribution is 2.24. The molecule has 0 saturated heterocycles. The molecule has 9 heteroatoms. The summed E-state index contributed by atoms with van der Waals surface area (Å²) in [6.45, 7) is 1.79. The van der Waals surface area contributed by atoms with Gasteiger partial charge in [0.1, 0.15) is 0 Å². The van der Waals surface area contributed by atoms with Gasteiger partial charge in [0.05, 0.1) is 10.6 Å². The minimum absolute atomic E-state index is 0.167. The molecule has 4 aromatic rings. The highest BCUT2D eigenvalue weighted by molar-refractivity contribution is 7.92. The number of sulfonamides is 1. The molecule has 0 saturated carbocycles. The van der Waals surface area contributed by atoms with E-state index in [1.165, 1.54) is 12.1 Å². The van der Waals surface area contributed by atoms with Gasteiger partial charge in [0, 0.05) is 24.1 Å². The summed E-state index contributed by atoms with van der Waals surface area (Å²) in [6.07, 6.45) is 1.26. The molecule has 1 amide bonds. The van der Waals surface area contributed by atoms with E-state index in [-0.39, 0.29) is 17.2 Å². The van der Waals surface area contributed by atoms with Gasteiger partial charge >= 0.3 is 0 Å². The van der Waals surface area contributed by atoms with E-state index in [1.807, 2.05) is 30.3 Å². The second kappa shape index (κ2) is 10.3. The Morgan fingerprint density at radius 3 is 2.38 bits per heavy atom. The van der Waals surface area contributed by atoms with Crippen LogP contribution in [0.5, 0.6) is 0 Å². The highest BCUT2D eigenvalue weighted by Gasteiger charge is 2.15. The van der Waals surface area contributed by atoms with Gasteiger partial charge in [-0.1, -0.05) is 42.5 Å². The molecule has 2 N–H and O–H groups in total. The van der Waals surface area contributed by atoms with Crippen LogP contribution in [-0.2, 0) is 21.2 Å². The van der Waals surface area contributed by atoms with Gasteiger partial charge in [0.15, 0.2) is 0 Å². The Morgan fingerprint density at radius 2 is 1.65 bits per heavy atom. The van der Waals surface area contributed by atoms with Crippen LogP contribution in [-0.4, -0.2) is 24.5 Å². The van der Waals surface area contributed by atoms with E-state index < -0.39 is 10.0 Å². The molecule has 0 fully saturated rings. The standard InChI is InChI=1S/C25H24N4O4S/c1-18-15-16-20(17-22(18)29-34(31,32)21-11-6-3-7-12-21)26-23(30)13-8-14-24-27-28-25(33-24)19-9-4-2-5-10-19/h2-7,9-12,15-17,29H,8,13-14H2,1H3,(H,26,30). The lowest BCUT2D eigenvalue weighted by atomic mass is 10.1. The van der Waals surface area contributed by atoms with Crippen LogP contribution in [0.15, 0.2) is 88.2 Å². The third-order valence-electron chi connectivity index (χ3n) is 5.10. The Balaban J connectivity index is 1.32. The fraction of sp³-hybridized carbons (Fsp3) is 0.160. The number of aromatic nitrogens is 2. The Kier molecular flexibility index (Phi) is 7.03. The first-order chi connectivity index (χ1) is 16.4. The number of amides is 1. The third kappa shape index (κ3) is 5.87. The summed E-state index contributed by atoms with van der Waals surface area (Å²) in [5.74, 6) is 0.730. The highest BCUT2D eigenvalue weighted by atomic mass is 32.2. The monoisotopic (exact) mass is 476 g/mol. The maximum absolute atomic E-state index is 12.6. The number of nitrogens with zero attached hydrogens (tertiary/aromatic N) is 2. The van der Waals surface area contributed by atoms with Crippen molar-refractivity contribution in [2.45, 2.75) is 31.1 Å². The minimum Gasteiger partial charge on any atom is -0.421 e. The van der Waals surface area contributed by atoms with Gasteiger partial charge in [0.25, 0.3) is 10.0 Å². The van der Waals surface area contributed by atoms with Gasteiger partial charge < -0.3 is 9.73 Å². The van der Waals surface area contributed by atoms with Crippen molar-refractivity contribution in [1.82, 2.24) is 10.2 Å². The van der Waals surface area contributed by atoms with Crippen LogP contribution in [0.3, 0.4) is 0 Å². The van der Waals surface area contributed by atoms with Crippen molar-refractivity contribution in [1.29, 1.82) is 0 Å². The molecule has 0 aliphatic heterocycles. The summed E-state index contributed by atoms with van der Waals surface area (Å²) in [5, 5.41) is 10.9. The number of hydrogen-bond donors (Lipinski definition) is 2. The van der Waals surface area contributed by atoms with Crippen molar-refractivity contribution >= 4 is 27.3 Å². The molecular weight excluding hydrogens is 452 g/mol. The Morgan fingerprint density at radius 1 is 0.941 bits per heavy atom. The Labute approximate surface area is 198 Å². The number of hydrogen-bond acceptors (Lipinski definition) is 6. The fourth-order valence-corrected chi connectivity index (χ4v) is 4.43. The number of nitrogens with one attached hydrogen (secondary N) is 2. The summed E-state index contributed by atoms with van der Waals surface area (Å²) in [4.78, 5) is 12.6. The largest absolute Gasteiger partial charge is 0.421 e. The van der Waals surface area contributed by atoms with E-state index in [0.717, 1.165) is 11.1 Å². The topological polar surface area (TPSA) is 114 Å². The van der Waals surface area contributed by atoms with Gasteiger partial charge in [-0.25, -0.2) is 8.42 Å². The lowest BCUT2D eigenvalue weighted by molar-refractivity contribution is -0.116. The van der Waals surface area contributed by atoms with Gasteiger partial charge in [-0.2, -0.15) is 0 Å². The molecular formula is C25H24N4O4S. The predicted octanol–water partition coefficient (Wildman–Crippen LogP) is 4.81. The maximum atomic E-state index is 12.6.